The molecule has 0 radical (unpaired) electrons. The zero-order valence-electron chi connectivity index (χ0n) is 11.0. The van der Waals surface area contributed by atoms with Crippen LogP contribution >= 0.6 is 0 Å². The molecule has 1 aromatic carbocycles. The Morgan fingerprint density at radius 1 is 1.32 bits per heavy atom. The van der Waals surface area contributed by atoms with E-state index >= 15 is 0 Å². The average Bonchev–Trinajstić information content (AvgIpc) is 2.39. The molecule has 0 saturated heterocycles. The number of nitrogens with two attached hydrogens (primary N) is 1. The Morgan fingerprint density at radius 2 is 1.95 bits per heavy atom. The molecule has 0 bridgehead atoms. The Hall–Kier alpha value is -1.88. The largest absolute Gasteiger partial charge is 0.396 e. The number of carbonyl (C=O) groups is 2. The van der Waals surface area contributed by atoms with Crippen LogP contribution in [-0.4, -0.2) is 29.6 Å². The summed E-state index contributed by atoms with van der Waals surface area (Å²) in [6.45, 7) is 1.60. The van der Waals surface area contributed by atoms with E-state index in [4.69, 9.17) is 10.8 Å². The van der Waals surface area contributed by atoms with Crippen molar-refractivity contribution in [1.82, 2.24) is 5.32 Å². The van der Waals surface area contributed by atoms with E-state index in [2.05, 4.69) is 5.32 Å². The summed E-state index contributed by atoms with van der Waals surface area (Å²) in [5.41, 5.74) is 6.22. The van der Waals surface area contributed by atoms with E-state index in [9.17, 15) is 9.59 Å². The summed E-state index contributed by atoms with van der Waals surface area (Å²) in [6.07, 6.45) is 0.733. The van der Waals surface area contributed by atoms with Gasteiger partial charge in [0.25, 0.3) is 0 Å². The van der Waals surface area contributed by atoms with Crippen molar-refractivity contribution >= 4 is 11.8 Å². The molecule has 5 heteroatoms. The molecule has 0 saturated carbocycles. The van der Waals surface area contributed by atoms with Crippen molar-refractivity contribution in [3.63, 3.8) is 0 Å². The van der Waals surface area contributed by atoms with Gasteiger partial charge in [0.2, 0.25) is 11.8 Å². The number of amides is 2. The maximum absolute atomic E-state index is 11.9. The van der Waals surface area contributed by atoms with Crippen LogP contribution in [0.25, 0.3) is 0 Å². The number of rotatable bonds is 7. The normalized spacial score (nSPS) is 13.6. The Morgan fingerprint density at radius 3 is 2.47 bits per heavy atom. The lowest BCUT2D eigenvalue weighted by atomic mass is 10.00. The molecule has 5 nitrogen and oxygen atoms in total. The third-order valence-corrected chi connectivity index (χ3v) is 2.91. The van der Waals surface area contributed by atoms with Crippen molar-refractivity contribution in [3.05, 3.63) is 35.9 Å². The molecule has 104 valence electrons. The van der Waals surface area contributed by atoms with Crippen molar-refractivity contribution in [3.8, 4) is 0 Å². The van der Waals surface area contributed by atoms with Gasteiger partial charge >= 0.3 is 0 Å². The molecule has 0 heterocycles. The highest BCUT2D eigenvalue weighted by Crippen LogP contribution is 2.08. The predicted molar refractivity (Wildman–Crippen MR) is 72.1 cm³/mol. The minimum absolute atomic E-state index is 0.138. The zero-order valence-corrected chi connectivity index (χ0v) is 11.0. The summed E-state index contributed by atoms with van der Waals surface area (Å²) in [6, 6.07) is 8.83. The van der Waals surface area contributed by atoms with E-state index in [-0.39, 0.29) is 24.9 Å². The predicted octanol–water partition coefficient (Wildman–Crippen LogP) is 0.218. The second-order valence-corrected chi connectivity index (χ2v) is 4.57. The first-order valence-electron chi connectivity index (χ1n) is 6.29. The van der Waals surface area contributed by atoms with Crippen LogP contribution in [-0.2, 0) is 16.0 Å². The van der Waals surface area contributed by atoms with E-state index in [0.29, 0.717) is 6.42 Å². The van der Waals surface area contributed by atoms with Crippen molar-refractivity contribution in [2.75, 3.05) is 6.61 Å². The number of primary amides is 1. The molecule has 0 aromatic heterocycles. The van der Waals surface area contributed by atoms with E-state index in [1.165, 1.54) is 0 Å². The number of benzene rings is 1. The molecule has 2 atom stereocenters. The van der Waals surface area contributed by atoms with Gasteiger partial charge in [0.05, 0.1) is 0 Å². The third-order valence-electron chi connectivity index (χ3n) is 2.91. The molecular weight excluding hydrogens is 244 g/mol. The summed E-state index contributed by atoms with van der Waals surface area (Å²) >= 11 is 0. The lowest BCUT2D eigenvalue weighted by Crippen LogP contribution is -2.47. The van der Waals surface area contributed by atoms with Gasteiger partial charge in [-0.3, -0.25) is 9.59 Å². The fraction of sp³-hybridized carbons (Fsp3) is 0.429. The van der Waals surface area contributed by atoms with Crippen LogP contribution in [0.2, 0.25) is 0 Å². The van der Waals surface area contributed by atoms with Crippen LogP contribution in [0.5, 0.6) is 0 Å². The minimum Gasteiger partial charge on any atom is -0.396 e. The Bertz CT molecular complexity index is 420. The molecular formula is C14H20N2O3. The van der Waals surface area contributed by atoms with Crippen molar-refractivity contribution < 1.29 is 14.7 Å². The van der Waals surface area contributed by atoms with Gasteiger partial charge in [0.15, 0.2) is 0 Å². The number of aliphatic hydroxyl groups excluding tert-OH is 1. The first-order chi connectivity index (χ1) is 9.04. The van der Waals surface area contributed by atoms with Gasteiger partial charge in [0.1, 0.15) is 6.04 Å². The fourth-order valence-corrected chi connectivity index (χ4v) is 1.79. The summed E-state index contributed by atoms with van der Waals surface area (Å²) in [7, 11) is 0. The highest BCUT2D eigenvalue weighted by molar-refractivity contribution is 5.87. The molecule has 0 spiro atoms. The van der Waals surface area contributed by atoms with Crippen molar-refractivity contribution in [1.29, 1.82) is 0 Å². The summed E-state index contributed by atoms with van der Waals surface area (Å²) in [4.78, 5) is 23.0. The van der Waals surface area contributed by atoms with Crippen LogP contribution in [0.4, 0.5) is 0 Å². The van der Waals surface area contributed by atoms with Crippen molar-refractivity contribution in [2.45, 2.75) is 25.8 Å². The van der Waals surface area contributed by atoms with Gasteiger partial charge < -0.3 is 16.2 Å². The van der Waals surface area contributed by atoms with Gasteiger partial charge in [-0.05, 0) is 18.4 Å². The van der Waals surface area contributed by atoms with E-state index < -0.39 is 11.9 Å². The quantitative estimate of drug-likeness (QED) is 0.657. The van der Waals surface area contributed by atoms with E-state index in [1.807, 2.05) is 30.3 Å². The molecule has 0 aliphatic carbocycles. The Labute approximate surface area is 112 Å². The van der Waals surface area contributed by atoms with Crippen LogP contribution in [0, 0.1) is 5.92 Å². The van der Waals surface area contributed by atoms with E-state index in [1.54, 1.807) is 6.92 Å². The van der Waals surface area contributed by atoms with E-state index in [0.717, 1.165) is 5.56 Å². The van der Waals surface area contributed by atoms with Crippen molar-refractivity contribution in [2.24, 2.45) is 11.7 Å². The smallest absolute Gasteiger partial charge is 0.240 e. The molecule has 0 fully saturated rings. The Balaban J connectivity index is 2.54. The standard InChI is InChI=1S/C14H20N2O3/c1-10(9-11-5-3-2-4-6-11)14(19)16-12(7-8-17)13(15)18/h2-6,10,12,17H,7-9H2,1H3,(H2,15,18)(H,16,19)/t10?,12-/m0/s1. The lowest BCUT2D eigenvalue weighted by Gasteiger charge is -2.17. The number of carbonyl (C=O) groups excluding carboxylic acids is 2. The Kier molecular flexibility index (Phi) is 6.02. The first-order valence-corrected chi connectivity index (χ1v) is 6.29. The van der Waals surface area contributed by atoms with Crippen LogP contribution in [0.15, 0.2) is 30.3 Å². The molecule has 2 amide bonds. The maximum Gasteiger partial charge on any atom is 0.240 e. The van der Waals surface area contributed by atoms with Crippen LogP contribution < -0.4 is 11.1 Å². The second kappa shape index (κ2) is 7.53. The average molecular weight is 264 g/mol. The number of nitrogens with one attached hydrogen (secondary N) is 1. The maximum atomic E-state index is 11.9. The van der Waals surface area contributed by atoms with Gasteiger partial charge in [-0.15, -0.1) is 0 Å². The molecule has 19 heavy (non-hydrogen) atoms. The molecule has 1 rings (SSSR count). The summed E-state index contributed by atoms with van der Waals surface area (Å²) in [5, 5.41) is 11.4. The second-order valence-electron chi connectivity index (χ2n) is 4.57. The van der Waals surface area contributed by atoms with Gasteiger partial charge in [-0.2, -0.15) is 0 Å². The number of aliphatic hydroxyl groups is 1. The monoisotopic (exact) mass is 264 g/mol. The highest BCUT2D eigenvalue weighted by Gasteiger charge is 2.21. The van der Waals surface area contributed by atoms with Gasteiger partial charge in [0, 0.05) is 12.5 Å². The zero-order chi connectivity index (χ0) is 14.3. The van der Waals surface area contributed by atoms with Gasteiger partial charge in [-0.1, -0.05) is 37.3 Å². The lowest BCUT2D eigenvalue weighted by molar-refractivity contribution is -0.129. The fourth-order valence-electron chi connectivity index (χ4n) is 1.79. The highest BCUT2D eigenvalue weighted by atomic mass is 16.3. The number of hydrogen-bond acceptors (Lipinski definition) is 3. The topological polar surface area (TPSA) is 92.4 Å². The van der Waals surface area contributed by atoms with Crippen LogP contribution in [0.1, 0.15) is 18.9 Å². The molecule has 4 N–H and O–H groups in total. The summed E-state index contributed by atoms with van der Waals surface area (Å²) < 4.78 is 0. The first kappa shape index (κ1) is 15.2. The van der Waals surface area contributed by atoms with Crippen LogP contribution in [0.3, 0.4) is 0 Å². The third kappa shape index (κ3) is 5.09. The molecule has 0 aliphatic heterocycles. The molecule has 1 unspecified atom stereocenters. The molecule has 1 aromatic rings. The number of hydrogen-bond donors (Lipinski definition) is 3. The molecule has 0 aliphatic rings. The minimum atomic E-state index is -0.810. The summed E-state index contributed by atoms with van der Waals surface area (Å²) in [5.74, 6) is -1.13. The van der Waals surface area contributed by atoms with Gasteiger partial charge in [-0.25, -0.2) is 0 Å². The SMILES string of the molecule is CC(Cc1ccccc1)C(=O)N[C@@H](CCO)C(N)=O.